The summed E-state index contributed by atoms with van der Waals surface area (Å²) in [6, 6.07) is 9.56. The smallest absolute Gasteiger partial charge is 0.231 e. The monoisotopic (exact) mass is 341 g/mol. The van der Waals surface area contributed by atoms with Crippen LogP contribution in [0.2, 0.25) is 0 Å². The maximum absolute atomic E-state index is 12.1. The van der Waals surface area contributed by atoms with Gasteiger partial charge >= 0.3 is 0 Å². The molecular formula is C18H19N3O2S. The first-order chi connectivity index (χ1) is 11.3. The number of nitrogens with two attached hydrogens (primary N) is 1. The molecule has 24 heavy (non-hydrogen) atoms. The normalized spacial score (nSPS) is 20.9. The number of guanidine groups is 1. The van der Waals surface area contributed by atoms with E-state index in [1.54, 1.807) is 31.4 Å². The third-order valence-corrected chi connectivity index (χ3v) is 5.49. The molecule has 0 spiro atoms. The zero-order valence-corrected chi connectivity index (χ0v) is 14.7. The van der Waals surface area contributed by atoms with Crippen LogP contribution in [0.15, 0.2) is 40.7 Å². The average molecular weight is 341 g/mol. The van der Waals surface area contributed by atoms with Crippen LogP contribution < -0.4 is 5.73 Å². The summed E-state index contributed by atoms with van der Waals surface area (Å²) < 4.78 is 0. The van der Waals surface area contributed by atoms with Gasteiger partial charge in [0.05, 0.1) is 6.42 Å². The predicted molar refractivity (Wildman–Crippen MR) is 96.1 cm³/mol. The highest BCUT2D eigenvalue weighted by atomic mass is 32.1. The van der Waals surface area contributed by atoms with Gasteiger partial charge in [-0.05, 0) is 42.5 Å². The van der Waals surface area contributed by atoms with Crippen LogP contribution in [0, 0.1) is 0 Å². The van der Waals surface area contributed by atoms with E-state index in [2.05, 4.69) is 4.99 Å². The Balaban J connectivity index is 1.98. The molecule has 1 atom stereocenters. The van der Waals surface area contributed by atoms with E-state index in [-0.39, 0.29) is 24.1 Å². The molecule has 0 fully saturated rings. The fourth-order valence-electron chi connectivity index (χ4n) is 2.74. The zero-order chi connectivity index (χ0) is 17.5. The highest BCUT2D eigenvalue weighted by Crippen LogP contribution is 2.39. The lowest BCUT2D eigenvalue weighted by molar-refractivity contribution is -0.128. The second-order valence-corrected chi connectivity index (χ2v) is 7.12. The van der Waals surface area contributed by atoms with Crippen LogP contribution in [-0.2, 0) is 10.3 Å². The molecule has 0 bridgehead atoms. The van der Waals surface area contributed by atoms with Crippen molar-refractivity contribution in [2.75, 3.05) is 7.05 Å². The van der Waals surface area contributed by atoms with Crippen molar-refractivity contribution in [1.29, 1.82) is 0 Å². The lowest BCUT2D eigenvalue weighted by Gasteiger charge is -2.32. The molecule has 2 aromatic rings. The molecule has 2 N–H and O–H groups in total. The summed E-state index contributed by atoms with van der Waals surface area (Å²) in [4.78, 5) is 30.6. The molecule has 1 aliphatic heterocycles. The summed E-state index contributed by atoms with van der Waals surface area (Å²) in [6.45, 7) is 3.48. The fourth-order valence-corrected chi connectivity index (χ4v) is 3.76. The number of carbonyl (C=O) groups excluding carboxylic acids is 2. The van der Waals surface area contributed by atoms with Gasteiger partial charge in [0.15, 0.2) is 11.7 Å². The molecule has 2 heterocycles. The van der Waals surface area contributed by atoms with Gasteiger partial charge in [-0.2, -0.15) is 0 Å². The van der Waals surface area contributed by atoms with Crippen LogP contribution in [0.3, 0.4) is 0 Å². The molecule has 6 heteroatoms. The molecule has 124 valence electrons. The van der Waals surface area contributed by atoms with Crippen LogP contribution in [0.4, 0.5) is 0 Å². The van der Waals surface area contributed by atoms with Gasteiger partial charge in [-0.25, -0.2) is 4.99 Å². The number of hydrogen-bond acceptors (Lipinski definition) is 5. The van der Waals surface area contributed by atoms with E-state index in [1.165, 1.54) is 4.90 Å². The quantitative estimate of drug-likeness (QED) is 0.872. The molecule has 1 amide bonds. The van der Waals surface area contributed by atoms with E-state index in [0.29, 0.717) is 5.56 Å². The number of aliphatic imine (C=N–C) groups is 1. The number of thiophene rings is 1. The van der Waals surface area contributed by atoms with Gasteiger partial charge in [0.2, 0.25) is 5.91 Å². The first kappa shape index (κ1) is 16.4. The molecule has 1 aromatic heterocycles. The van der Waals surface area contributed by atoms with Gasteiger partial charge in [0.25, 0.3) is 0 Å². The van der Waals surface area contributed by atoms with Crippen molar-refractivity contribution in [2.45, 2.75) is 25.8 Å². The molecule has 0 saturated carbocycles. The van der Waals surface area contributed by atoms with E-state index < -0.39 is 5.54 Å². The van der Waals surface area contributed by atoms with Crippen molar-refractivity contribution in [3.8, 4) is 11.1 Å². The third kappa shape index (κ3) is 2.85. The largest absolute Gasteiger partial charge is 0.369 e. The lowest BCUT2D eigenvalue weighted by Crippen LogP contribution is -2.47. The topological polar surface area (TPSA) is 75.8 Å². The number of ketones is 1. The van der Waals surface area contributed by atoms with Crippen molar-refractivity contribution in [3.05, 3.63) is 46.2 Å². The molecule has 1 aromatic carbocycles. The molecule has 0 radical (unpaired) electrons. The summed E-state index contributed by atoms with van der Waals surface area (Å²) in [7, 11) is 1.63. The van der Waals surface area contributed by atoms with E-state index in [0.717, 1.165) is 16.0 Å². The minimum absolute atomic E-state index is 0.0394. The minimum Gasteiger partial charge on any atom is -0.369 e. The number of carbonyl (C=O) groups is 2. The predicted octanol–water partition coefficient (Wildman–Crippen LogP) is 3.01. The Morgan fingerprint density at radius 3 is 2.75 bits per heavy atom. The first-order valence-corrected chi connectivity index (χ1v) is 8.50. The highest BCUT2D eigenvalue weighted by molar-refractivity contribution is 7.10. The van der Waals surface area contributed by atoms with Crippen LogP contribution in [0.1, 0.15) is 35.5 Å². The van der Waals surface area contributed by atoms with E-state index in [1.807, 2.05) is 36.6 Å². The minimum atomic E-state index is -0.644. The molecule has 0 unspecified atom stereocenters. The van der Waals surface area contributed by atoms with Gasteiger partial charge < -0.3 is 5.73 Å². The standard InChI is InChI=1S/C18H19N3O2S/c1-11(22)12-5-4-6-13(7-12)14-8-15(24-10-14)18(2)9-16(23)21(3)17(19)20-18/h4-8,10H,9H2,1-3H3,(H2,19,20)/t18-/m0/s1. The van der Waals surface area contributed by atoms with Crippen molar-refractivity contribution < 1.29 is 9.59 Å². The van der Waals surface area contributed by atoms with Crippen LogP contribution in [0.25, 0.3) is 11.1 Å². The first-order valence-electron chi connectivity index (χ1n) is 7.62. The van der Waals surface area contributed by atoms with Gasteiger partial charge in [-0.3, -0.25) is 14.5 Å². The Hall–Kier alpha value is -2.47. The molecule has 0 aliphatic carbocycles. The Kier molecular flexibility index (Phi) is 4.01. The highest BCUT2D eigenvalue weighted by Gasteiger charge is 2.37. The lowest BCUT2D eigenvalue weighted by atomic mass is 9.93. The van der Waals surface area contributed by atoms with Crippen molar-refractivity contribution in [2.24, 2.45) is 10.7 Å². The molecule has 0 saturated heterocycles. The van der Waals surface area contributed by atoms with Gasteiger partial charge in [0.1, 0.15) is 5.54 Å². The summed E-state index contributed by atoms with van der Waals surface area (Å²) >= 11 is 1.55. The fraction of sp³-hybridized carbons (Fsp3) is 0.278. The SMILES string of the molecule is CC(=O)c1cccc(-c2csc([C@]3(C)CC(=O)N(C)C(N)=N3)c2)c1. The second-order valence-electron chi connectivity index (χ2n) is 6.21. The van der Waals surface area contributed by atoms with Gasteiger partial charge in [-0.1, -0.05) is 18.2 Å². The number of hydrogen-bond donors (Lipinski definition) is 1. The molecule has 3 rings (SSSR count). The molecule has 1 aliphatic rings. The Morgan fingerprint density at radius 2 is 2.08 bits per heavy atom. The van der Waals surface area contributed by atoms with Crippen molar-refractivity contribution in [3.63, 3.8) is 0 Å². The number of rotatable bonds is 3. The molecule has 5 nitrogen and oxygen atoms in total. The van der Waals surface area contributed by atoms with E-state index >= 15 is 0 Å². The summed E-state index contributed by atoms with van der Waals surface area (Å²) in [5, 5.41) is 2.02. The average Bonchev–Trinajstić information content (AvgIpc) is 3.03. The van der Waals surface area contributed by atoms with Crippen LogP contribution in [0.5, 0.6) is 0 Å². The van der Waals surface area contributed by atoms with Gasteiger partial charge in [0, 0.05) is 17.5 Å². The van der Waals surface area contributed by atoms with Crippen LogP contribution >= 0.6 is 11.3 Å². The molecular weight excluding hydrogens is 322 g/mol. The van der Waals surface area contributed by atoms with E-state index in [9.17, 15) is 9.59 Å². The number of amides is 1. The van der Waals surface area contributed by atoms with Crippen molar-refractivity contribution in [1.82, 2.24) is 4.90 Å². The Morgan fingerprint density at radius 1 is 1.33 bits per heavy atom. The van der Waals surface area contributed by atoms with Crippen LogP contribution in [-0.4, -0.2) is 29.6 Å². The summed E-state index contributed by atoms with van der Waals surface area (Å²) in [5.74, 6) is 0.235. The number of nitrogens with zero attached hydrogens (tertiary/aromatic N) is 2. The van der Waals surface area contributed by atoms with Crippen molar-refractivity contribution >= 4 is 29.0 Å². The zero-order valence-electron chi connectivity index (χ0n) is 13.9. The van der Waals surface area contributed by atoms with E-state index in [4.69, 9.17) is 5.73 Å². The number of benzene rings is 1. The summed E-state index contributed by atoms with van der Waals surface area (Å²) in [6.07, 6.45) is 0.289. The van der Waals surface area contributed by atoms with Gasteiger partial charge in [-0.15, -0.1) is 11.3 Å². The second kappa shape index (κ2) is 5.87. The number of Topliss-reactive ketones (excluding diaryl/α,β-unsaturated/α-hetero) is 1. The summed E-state index contributed by atoms with van der Waals surface area (Å²) in [5.41, 5.74) is 7.90. The Labute approximate surface area is 144 Å². The maximum Gasteiger partial charge on any atom is 0.231 e. The maximum atomic E-state index is 12.1. The third-order valence-electron chi connectivity index (χ3n) is 4.31. The Bertz CT molecular complexity index is 855.